The second-order valence-electron chi connectivity index (χ2n) is 3.55. The second-order valence-corrected chi connectivity index (χ2v) is 3.94. The lowest BCUT2D eigenvalue weighted by Crippen LogP contribution is -2.05. The van der Waals surface area contributed by atoms with Crippen molar-refractivity contribution in [3.8, 4) is 0 Å². The molecule has 0 atom stereocenters. The zero-order chi connectivity index (χ0) is 11.4. The van der Waals surface area contributed by atoms with Gasteiger partial charge in [-0.3, -0.25) is 4.98 Å². The molecule has 0 N–H and O–H groups in total. The van der Waals surface area contributed by atoms with Gasteiger partial charge in [-0.25, -0.2) is 9.97 Å². The topological polar surface area (TPSA) is 43.6 Å². The van der Waals surface area contributed by atoms with Crippen molar-refractivity contribution in [2.24, 2.45) is 0 Å². The van der Waals surface area contributed by atoms with Crippen LogP contribution in [-0.2, 0) is 13.0 Å². The summed E-state index contributed by atoms with van der Waals surface area (Å²) in [5.74, 6) is 1.08. The number of hydrogen-bond donors (Lipinski definition) is 0. The summed E-state index contributed by atoms with van der Waals surface area (Å²) in [6, 6.07) is 0. The van der Waals surface area contributed by atoms with E-state index in [1.165, 1.54) is 0 Å². The van der Waals surface area contributed by atoms with Crippen LogP contribution in [0.5, 0.6) is 0 Å². The van der Waals surface area contributed by atoms with E-state index in [1.807, 2.05) is 12.4 Å². The van der Waals surface area contributed by atoms with Crippen molar-refractivity contribution in [3.05, 3.63) is 41.5 Å². The van der Waals surface area contributed by atoms with Crippen LogP contribution in [-0.4, -0.2) is 19.5 Å². The van der Waals surface area contributed by atoms with E-state index in [2.05, 4.69) is 26.4 Å². The van der Waals surface area contributed by atoms with Crippen LogP contribution in [0.25, 0.3) is 0 Å². The molecule has 0 aromatic carbocycles. The standard InChI is InChI=1S/C11H13ClN4/c1-2-3-11-13-4-5-16(11)8-9-6-15-10(12)7-14-9/h4-7H,2-3,8H2,1H3. The molecule has 0 aliphatic carbocycles. The molecule has 84 valence electrons. The highest BCUT2D eigenvalue weighted by Gasteiger charge is 2.03. The van der Waals surface area contributed by atoms with E-state index in [1.54, 1.807) is 12.4 Å². The Kier molecular flexibility index (Phi) is 3.51. The number of rotatable bonds is 4. The van der Waals surface area contributed by atoms with Gasteiger partial charge in [-0.15, -0.1) is 0 Å². The molecule has 5 heteroatoms. The van der Waals surface area contributed by atoms with Crippen molar-refractivity contribution in [2.75, 3.05) is 0 Å². The summed E-state index contributed by atoms with van der Waals surface area (Å²) in [5, 5.41) is 0.420. The Balaban J connectivity index is 2.13. The minimum absolute atomic E-state index is 0.420. The smallest absolute Gasteiger partial charge is 0.147 e. The summed E-state index contributed by atoms with van der Waals surface area (Å²) >= 11 is 5.68. The van der Waals surface area contributed by atoms with Gasteiger partial charge in [0, 0.05) is 18.8 Å². The van der Waals surface area contributed by atoms with Gasteiger partial charge in [0.15, 0.2) is 0 Å². The first-order chi connectivity index (χ1) is 7.79. The van der Waals surface area contributed by atoms with E-state index in [0.29, 0.717) is 11.7 Å². The number of halogens is 1. The molecule has 16 heavy (non-hydrogen) atoms. The number of aromatic nitrogens is 4. The first-order valence-electron chi connectivity index (χ1n) is 5.26. The first kappa shape index (κ1) is 11.1. The van der Waals surface area contributed by atoms with Crippen molar-refractivity contribution >= 4 is 11.6 Å². The van der Waals surface area contributed by atoms with Gasteiger partial charge in [-0.1, -0.05) is 18.5 Å². The molecule has 0 aliphatic rings. The predicted molar refractivity (Wildman–Crippen MR) is 62.4 cm³/mol. The fourth-order valence-electron chi connectivity index (χ4n) is 1.53. The summed E-state index contributed by atoms with van der Waals surface area (Å²) in [6.45, 7) is 2.83. The third-order valence-electron chi connectivity index (χ3n) is 2.28. The van der Waals surface area contributed by atoms with Crippen LogP contribution in [0.2, 0.25) is 5.15 Å². The highest BCUT2D eigenvalue weighted by atomic mass is 35.5. The van der Waals surface area contributed by atoms with Crippen LogP contribution < -0.4 is 0 Å². The van der Waals surface area contributed by atoms with Crippen molar-refractivity contribution in [2.45, 2.75) is 26.3 Å². The molecule has 0 spiro atoms. The number of imidazole rings is 1. The Labute approximate surface area is 99.3 Å². The third kappa shape index (κ3) is 2.58. The maximum absolute atomic E-state index is 5.68. The summed E-state index contributed by atoms with van der Waals surface area (Å²) < 4.78 is 2.08. The SMILES string of the molecule is CCCc1nccn1Cc1cnc(Cl)cn1. The fourth-order valence-corrected chi connectivity index (χ4v) is 1.63. The van der Waals surface area contributed by atoms with Crippen molar-refractivity contribution in [3.63, 3.8) is 0 Å². The molecule has 2 aromatic heterocycles. The average Bonchev–Trinajstić information content (AvgIpc) is 2.70. The van der Waals surface area contributed by atoms with Crippen LogP contribution in [0.4, 0.5) is 0 Å². The highest BCUT2D eigenvalue weighted by molar-refractivity contribution is 6.29. The van der Waals surface area contributed by atoms with Gasteiger partial charge in [0.05, 0.1) is 24.6 Å². The lowest BCUT2D eigenvalue weighted by Gasteiger charge is -2.05. The Hall–Kier alpha value is -1.42. The molecule has 2 rings (SSSR count). The maximum atomic E-state index is 5.68. The lowest BCUT2D eigenvalue weighted by molar-refractivity contribution is 0.691. The first-order valence-corrected chi connectivity index (χ1v) is 5.64. The van der Waals surface area contributed by atoms with E-state index >= 15 is 0 Å². The molecule has 2 aromatic rings. The Bertz CT molecular complexity index is 449. The minimum atomic E-state index is 0.420. The van der Waals surface area contributed by atoms with Crippen LogP contribution in [0.15, 0.2) is 24.8 Å². The highest BCUT2D eigenvalue weighted by Crippen LogP contribution is 2.06. The molecule has 0 saturated heterocycles. The molecule has 0 bridgehead atoms. The van der Waals surface area contributed by atoms with Gasteiger partial charge in [0.25, 0.3) is 0 Å². The van der Waals surface area contributed by atoms with Gasteiger partial charge < -0.3 is 4.57 Å². The molecule has 0 unspecified atom stereocenters. The molecule has 0 saturated carbocycles. The number of nitrogens with zero attached hydrogens (tertiary/aromatic N) is 4. The number of hydrogen-bond acceptors (Lipinski definition) is 3. The van der Waals surface area contributed by atoms with Crippen molar-refractivity contribution < 1.29 is 0 Å². The largest absolute Gasteiger partial charge is 0.329 e. The second kappa shape index (κ2) is 5.07. The van der Waals surface area contributed by atoms with Gasteiger partial charge in [-0.2, -0.15) is 0 Å². The van der Waals surface area contributed by atoms with Crippen LogP contribution in [0, 0.1) is 0 Å². The van der Waals surface area contributed by atoms with Gasteiger partial charge in [-0.05, 0) is 6.42 Å². The van der Waals surface area contributed by atoms with E-state index in [-0.39, 0.29) is 0 Å². The molecule has 0 amide bonds. The molecular weight excluding hydrogens is 224 g/mol. The van der Waals surface area contributed by atoms with Gasteiger partial charge in [0.1, 0.15) is 11.0 Å². The van der Waals surface area contributed by atoms with Crippen molar-refractivity contribution in [1.82, 2.24) is 19.5 Å². The van der Waals surface area contributed by atoms with Crippen LogP contribution in [0.1, 0.15) is 24.9 Å². The van der Waals surface area contributed by atoms with E-state index < -0.39 is 0 Å². The molecule has 0 radical (unpaired) electrons. The normalized spacial score (nSPS) is 10.6. The number of aryl methyl sites for hydroxylation is 1. The van der Waals surface area contributed by atoms with E-state index in [9.17, 15) is 0 Å². The van der Waals surface area contributed by atoms with E-state index in [0.717, 1.165) is 24.4 Å². The van der Waals surface area contributed by atoms with Crippen LogP contribution in [0.3, 0.4) is 0 Å². The molecular formula is C11H13ClN4. The lowest BCUT2D eigenvalue weighted by atomic mass is 10.3. The third-order valence-corrected chi connectivity index (χ3v) is 2.48. The molecule has 2 heterocycles. The Morgan fingerprint density at radius 2 is 2.12 bits per heavy atom. The fraction of sp³-hybridized carbons (Fsp3) is 0.364. The molecule has 0 fully saturated rings. The van der Waals surface area contributed by atoms with Gasteiger partial charge >= 0.3 is 0 Å². The Morgan fingerprint density at radius 1 is 1.25 bits per heavy atom. The zero-order valence-corrected chi connectivity index (χ0v) is 9.85. The summed E-state index contributed by atoms with van der Waals surface area (Å²) in [7, 11) is 0. The Morgan fingerprint density at radius 3 is 2.81 bits per heavy atom. The summed E-state index contributed by atoms with van der Waals surface area (Å²) in [5.41, 5.74) is 0.889. The quantitative estimate of drug-likeness (QED) is 0.818. The van der Waals surface area contributed by atoms with Gasteiger partial charge in [0.2, 0.25) is 0 Å². The summed E-state index contributed by atoms with van der Waals surface area (Å²) in [4.78, 5) is 12.5. The minimum Gasteiger partial charge on any atom is -0.329 e. The zero-order valence-electron chi connectivity index (χ0n) is 9.10. The molecule has 4 nitrogen and oxygen atoms in total. The van der Waals surface area contributed by atoms with Crippen LogP contribution >= 0.6 is 11.6 Å². The predicted octanol–water partition coefficient (Wildman–Crippen LogP) is 2.33. The average molecular weight is 237 g/mol. The van der Waals surface area contributed by atoms with E-state index in [4.69, 9.17) is 11.6 Å². The van der Waals surface area contributed by atoms with Crippen molar-refractivity contribution in [1.29, 1.82) is 0 Å². The maximum Gasteiger partial charge on any atom is 0.147 e. The molecule has 0 aliphatic heterocycles. The monoisotopic (exact) mass is 236 g/mol. The summed E-state index contributed by atoms with van der Waals surface area (Å²) in [6.07, 6.45) is 9.10.